The van der Waals surface area contributed by atoms with Crippen molar-refractivity contribution in [2.24, 2.45) is 0 Å². The molecule has 2 aromatic heterocycles. The lowest BCUT2D eigenvalue weighted by molar-refractivity contribution is -0.120. The van der Waals surface area contributed by atoms with Crippen molar-refractivity contribution in [1.29, 1.82) is 0 Å². The standard InChI is InChI=1S/C19H23N3O3S/c1-3-25-16-7-5-14(6-8-16)17-12-22-15(13-26-19(22)21-17)11-18(23)20-9-4-10-24-2/h5-8,12-13H,3-4,9-11H2,1-2H3,(H,20,23). The largest absolute Gasteiger partial charge is 0.494 e. The minimum absolute atomic E-state index is 0.0112. The summed E-state index contributed by atoms with van der Waals surface area (Å²) in [5, 5.41) is 4.90. The number of thiazole rings is 1. The predicted octanol–water partition coefficient (Wildman–Crippen LogP) is 3.16. The zero-order valence-electron chi connectivity index (χ0n) is 15.0. The molecule has 7 heteroatoms. The molecule has 6 nitrogen and oxygen atoms in total. The maximum Gasteiger partial charge on any atom is 0.225 e. The van der Waals surface area contributed by atoms with Crippen molar-refractivity contribution in [3.05, 3.63) is 41.5 Å². The van der Waals surface area contributed by atoms with E-state index in [0.717, 1.165) is 34.1 Å². The lowest BCUT2D eigenvalue weighted by atomic mass is 10.1. The number of hydrogen-bond acceptors (Lipinski definition) is 5. The van der Waals surface area contributed by atoms with Gasteiger partial charge in [-0.2, -0.15) is 0 Å². The van der Waals surface area contributed by atoms with Crippen LogP contribution in [0.25, 0.3) is 16.2 Å². The summed E-state index contributed by atoms with van der Waals surface area (Å²) in [5.41, 5.74) is 2.86. The predicted molar refractivity (Wildman–Crippen MR) is 103 cm³/mol. The van der Waals surface area contributed by atoms with E-state index in [0.29, 0.717) is 26.2 Å². The molecule has 26 heavy (non-hydrogen) atoms. The van der Waals surface area contributed by atoms with Crippen molar-refractivity contribution >= 4 is 22.2 Å². The second-order valence-corrected chi connectivity index (χ2v) is 6.67. The van der Waals surface area contributed by atoms with Crippen molar-refractivity contribution in [3.8, 4) is 17.0 Å². The van der Waals surface area contributed by atoms with Gasteiger partial charge in [0.1, 0.15) is 5.75 Å². The molecule has 0 atom stereocenters. The van der Waals surface area contributed by atoms with E-state index < -0.39 is 0 Å². The number of nitrogens with zero attached hydrogens (tertiary/aromatic N) is 2. The molecule has 0 radical (unpaired) electrons. The second kappa shape index (κ2) is 8.82. The van der Waals surface area contributed by atoms with E-state index in [2.05, 4.69) is 10.3 Å². The van der Waals surface area contributed by atoms with Crippen molar-refractivity contribution in [2.45, 2.75) is 19.8 Å². The van der Waals surface area contributed by atoms with Gasteiger partial charge in [0.05, 0.1) is 18.7 Å². The molecule has 2 heterocycles. The summed E-state index contributed by atoms with van der Waals surface area (Å²) in [6, 6.07) is 7.89. The SMILES string of the molecule is CCOc1ccc(-c2cn3c(CC(=O)NCCCOC)csc3n2)cc1. The maximum absolute atomic E-state index is 12.1. The van der Waals surface area contributed by atoms with Gasteiger partial charge < -0.3 is 14.8 Å². The van der Waals surface area contributed by atoms with Crippen LogP contribution in [-0.2, 0) is 16.0 Å². The van der Waals surface area contributed by atoms with Gasteiger partial charge in [-0.3, -0.25) is 9.20 Å². The van der Waals surface area contributed by atoms with Crippen LogP contribution in [-0.4, -0.2) is 42.2 Å². The zero-order valence-corrected chi connectivity index (χ0v) is 15.8. The summed E-state index contributed by atoms with van der Waals surface area (Å²) in [6.07, 6.45) is 3.13. The van der Waals surface area contributed by atoms with E-state index in [4.69, 9.17) is 9.47 Å². The summed E-state index contributed by atoms with van der Waals surface area (Å²) >= 11 is 1.54. The highest BCUT2D eigenvalue weighted by molar-refractivity contribution is 7.15. The molecule has 0 bridgehead atoms. The minimum atomic E-state index is 0.0112. The number of carbonyl (C=O) groups excluding carboxylic acids is 1. The molecule has 3 aromatic rings. The quantitative estimate of drug-likeness (QED) is 0.585. The van der Waals surface area contributed by atoms with Gasteiger partial charge >= 0.3 is 0 Å². The van der Waals surface area contributed by atoms with E-state index in [1.165, 1.54) is 0 Å². The average molecular weight is 373 g/mol. The summed E-state index contributed by atoms with van der Waals surface area (Å²) in [5.74, 6) is 0.861. The smallest absolute Gasteiger partial charge is 0.225 e. The number of imidazole rings is 1. The number of ether oxygens (including phenoxy) is 2. The van der Waals surface area contributed by atoms with Crippen molar-refractivity contribution in [3.63, 3.8) is 0 Å². The Morgan fingerprint density at radius 1 is 1.31 bits per heavy atom. The van der Waals surface area contributed by atoms with Crippen LogP contribution in [0, 0.1) is 0 Å². The van der Waals surface area contributed by atoms with Crippen LogP contribution in [0.4, 0.5) is 0 Å². The van der Waals surface area contributed by atoms with Crippen LogP contribution in [0.15, 0.2) is 35.8 Å². The Balaban J connectivity index is 1.69. The Kier molecular flexibility index (Phi) is 6.25. The molecule has 3 rings (SSSR count). The summed E-state index contributed by atoms with van der Waals surface area (Å²) in [7, 11) is 1.66. The van der Waals surface area contributed by atoms with Crippen molar-refractivity contribution in [1.82, 2.24) is 14.7 Å². The molecule has 0 aliphatic heterocycles. The first kappa shape index (κ1) is 18.4. The molecule has 0 spiro atoms. The summed E-state index contributed by atoms with van der Waals surface area (Å²) in [4.78, 5) is 17.6. The Bertz CT molecular complexity index is 855. The number of benzene rings is 1. The Morgan fingerprint density at radius 2 is 2.12 bits per heavy atom. The topological polar surface area (TPSA) is 64.9 Å². The molecule has 1 N–H and O–H groups in total. The highest BCUT2D eigenvalue weighted by atomic mass is 32.1. The van der Waals surface area contributed by atoms with E-state index in [1.54, 1.807) is 18.4 Å². The highest BCUT2D eigenvalue weighted by Gasteiger charge is 2.12. The third-order valence-electron chi connectivity index (χ3n) is 3.93. The third kappa shape index (κ3) is 4.42. The molecule has 138 valence electrons. The molecular formula is C19H23N3O3S. The first-order valence-electron chi connectivity index (χ1n) is 8.65. The number of aromatic nitrogens is 2. The second-order valence-electron chi connectivity index (χ2n) is 5.84. The normalized spacial score (nSPS) is 11.0. The van der Waals surface area contributed by atoms with Gasteiger partial charge in [0.2, 0.25) is 5.91 Å². The number of amides is 1. The first-order valence-corrected chi connectivity index (χ1v) is 9.53. The summed E-state index contributed by atoms with van der Waals surface area (Å²) < 4.78 is 12.4. The Morgan fingerprint density at radius 3 is 2.85 bits per heavy atom. The van der Waals surface area contributed by atoms with Gasteiger partial charge in [-0.15, -0.1) is 11.3 Å². The van der Waals surface area contributed by atoms with Gasteiger partial charge in [-0.1, -0.05) is 0 Å². The Labute approximate surface area is 156 Å². The molecule has 0 aliphatic carbocycles. The van der Waals surface area contributed by atoms with Gasteiger partial charge in [0, 0.05) is 43.1 Å². The number of rotatable bonds is 9. The lowest BCUT2D eigenvalue weighted by Crippen LogP contribution is -2.27. The molecule has 0 fully saturated rings. The number of hydrogen-bond donors (Lipinski definition) is 1. The zero-order chi connectivity index (χ0) is 18.4. The van der Waals surface area contributed by atoms with E-state index >= 15 is 0 Å². The van der Waals surface area contributed by atoms with Crippen LogP contribution < -0.4 is 10.1 Å². The maximum atomic E-state index is 12.1. The van der Waals surface area contributed by atoms with Crippen LogP contribution in [0.5, 0.6) is 5.75 Å². The molecule has 0 saturated carbocycles. The fourth-order valence-electron chi connectivity index (χ4n) is 2.66. The average Bonchev–Trinajstić information content (AvgIpc) is 3.22. The van der Waals surface area contributed by atoms with Gasteiger partial charge in [0.25, 0.3) is 0 Å². The minimum Gasteiger partial charge on any atom is -0.494 e. The van der Waals surface area contributed by atoms with Crippen LogP contribution in [0.1, 0.15) is 19.0 Å². The molecule has 0 saturated heterocycles. The van der Waals surface area contributed by atoms with E-state index in [-0.39, 0.29) is 5.91 Å². The van der Waals surface area contributed by atoms with Crippen LogP contribution in [0.2, 0.25) is 0 Å². The molecule has 1 amide bonds. The van der Waals surface area contributed by atoms with Gasteiger partial charge in [-0.05, 0) is 37.6 Å². The number of carbonyl (C=O) groups is 1. The summed E-state index contributed by atoms with van der Waals surface area (Å²) in [6.45, 7) is 3.89. The highest BCUT2D eigenvalue weighted by Crippen LogP contribution is 2.25. The molecule has 1 aromatic carbocycles. The number of methoxy groups -OCH3 is 1. The fraction of sp³-hybridized carbons (Fsp3) is 0.368. The monoisotopic (exact) mass is 373 g/mol. The van der Waals surface area contributed by atoms with E-state index in [1.807, 2.05) is 47.2 Å². The van der Waals surface area contributed by atoms with Gasteiger partial charge in [0.15, 0.2) is 4.96 Å². The number of fused-ring (bicyclic) bond motifs is 1. The Hall–Kier alpha value is -2.38. The lowest BCUT2D eigenvalue weighted by Gasteiger charge is -2.04. The van der Waals surface area contributed by atoms with Gasteiger partial charge in [-0.25, -0.2) is 4.98 Å². The molecule has 0 unspecified atom stereocenters. The van der Waals surface area contributed by atoms with Crippen LogP contribution in [0.3, 0.4) is 0 Å². The molecular weight excluding hydrogens is 350 g/mol. The third-order valence-corrected chi connectivity index (χ3v) is 4.82. The van der Waals surface area contributed by atoms with Crippen molar-refractivity contribution < 1.29 is 14.3 Å². The van der Waals surface area contributed by atoms with Crippen molar-refractivity contribution in [2.75, 3.05) is 26.9 Å². The van der Waals surface area contributed by atoms with E-state index in [9.17, 15) is 4.79 Å². The van der Waals surface area contributed by atoms with Crippen LogP contribution >= 0.6 is 11.3 Å². The fourth-order valence-corrected chi connectivity index (χ4v) is 3.53. The number of nitrogens with one attached hydrogen (secondary N) is 1. The molecule has 0 aliphatic rings. The first-order chi connectivity index (χ1) is 12.7.